The number of carbonyl (C=O) groups excluding carboxylic acids is 2. The monoisotopic (exact) mass is 354 g/mol. The van der Waals surface area contributed by atoms with Crippen molar-refractivity contribution in [2.45, 2.75) is 19.3 Å². The van der Waals surface area contributed by atoms with Crippen LogP contribution in [0.5, 0.6) is 0 Å². The average Bonchev–Trinajstić information content (AvgIpc) is 3.29. The number of nitrogens with zero attached hydrogens (tertiary/aromatic N) is 2. The molecule has 1 aromatic carbocycles. The fraction of sp³-hybridized carbons (Fsp3) is 0.300. The summed E-state index contributed by atoms with van der Waals surface area (Å²) in [6.45, 7) is 7.16. The van der Waals surface area contributed by atoms with E-state index in [0.29, 0.717) is 11.5 Å². The first-order chi connectivity index (χ1) is 12.0. The number of thiophene rings is 1. The van der Waals surface area contributed by atoms with Gasteiger partial charge in [-0.3, -0.25) is 9.59 Å². The van der Waals surface area contributed by atoms with Gasteiger partial charge < -0.3 is 9.80 Å². The summed E-state index contributed by atoms with van der Waals surface area (Å²) < 4.78 is 0. The zero-order valence-corrected chi connectivity index (χ0v) is 15.4. The molecule has 2 heterocycles. The van der Waals surface area contributed by atoms with Crippen LogP contribution < -0.4 is 4.90 Å². The second-order valence-electron chi connectivity index (χ2n) is 6.38. The van der Waals surface area contributed by atoms with Crippen molar-refractivity contribution < 1.29 is 9.59 Å². The Hall–Kier alpha value is -2.40. The zero-order chi connectivity index (χ0) is 18.0. The molecule has 130 valence electrons. The van der Waals surface area contributed by atoms with Crippen LogP contribution in [0, 0.1) is 6.92 Å². The van der Waals surface area contributed by atoms with Gasteiger partial charge in [0.25, 0.3) is 5.91 Å². The molecule has 5 heteroatoms. The Morgan fingerprint density at radius 1 is 1.32 bits per heavy atom. The van der Waals surface area contributed by atoms with E-state index < -0.39 is 0 Å². The first kappa shape index (κ1) is 17.4. The van der Waals surface area contributed by atoms with E-state index in [1.807, 2.05) is 4.90 Å². The predicted octanol–water partition coefficient (Wildman–Crippen LogP) is 3.84. The number of likely N-dealkylation sites (N-methyl/N-ethyl adjacent to an activating group) is 1. The van der Waals surface area contributed by atoms with Gasteiger partial charge in [-0.05, 0) is 60.7 Å². The zero-order valence-electron chi connectivity index (χ0n) is 14.6. The lowest BCUT2D eigenvalue weighted by Crippen LogP contribution is -2.28. The Morgan fingerprint density at radius 2 is 2.04 bits per heavy atom. The molecule has 2 amide bonds. The maximum Gasteiger partial charge on any atom is 0.253 e. The standard InChI is InChI=1S/C20H22N2O2S/c1-4-19(23)21(3)18-7-5-15(6-8-18)20(24)22-10-9-16(12-22)17-11-14(2)25-13-17/h4-8,11,13,16H,1,9-10,12H2,2-3H3. The molecule has 0 bridgehead atoms. The average molecular weight is 354 g/mol. The first-order valence-corrected chi connectivity index (χ1v) is 9.22. The van der Waals surface area contributed by atoms with Crippen LogP contribution in [-0.4, -0.2) is 36.9 Å². The Balaban J connectivity index is 1.67. The minimum Gasteiger partial charge on any atom is -0.338 e. The third-order valence-corrected chi connectivity index (χ3v) is 5.58. The van der Waals surface area contributed by atoms with E-state index in [9.17, 15) is 9.59 Å². The number of aryl methyl sites for hydroxylation is 1. The fourth-order valence-electron chi connectivity index (χ4n) is 3.17. The molecule has 0 N–H and O–H groups in total. The Kier molecular flexibility index (Phi) is 5.04. The number of amides is 2. The van der Waals surface area contributed by atoms with Crippen molar-refractivity contribution in [1.29, 1.82) is 0 Å². The van der Waals surface area contributed by atoms with E-state index in [4.69, 9.17) is 0 Å². The number of anilines is 1. The lowest BCUT2D eigenvalue weighted by atomic mass is 10.0. The van der Waals surface area contributed by atoms with Gasteiger partial charge in [-0.2, -0.15) is 0 Å². The number of benzene rings is 1. The Morgan fingerprint density at radius 3 is 2.64 bits per heavy atom. The van der Waals surface area contributed by atoms with Crippen LogP contribution in [0.2, 0.25) is 0 Å². The SMILES string of the molecule is C=CC(=O)N(C)c1ccc(C(=O)N2CCC(c3csc(C)c3)C2)cc1. The smallest absolute Gasteiger partial charge is 0.253 e. The molecule has 4 nitrogen and oxygen atoms in total. The van der Waals surface area contributed by atoms with Gasteiger partial charge in [0, 0.05) is 42.2 Å². The molecule has 3 rings (SSSR count). The second kappa shape index (κ2) is 7.23. The number of hydrogen-bond acceptors (Lipinski definition) is 3. The highest BCUT2D eigenvalue weighted by molar-refractivity contribution is 7.10. The lowest BCUT2D eigenvalue weighted by molar-refractivity contribution is -0.113. The molecule has 0 spiro atoms. The summed E-state index contributed by atoms with van der Waals surface area (Å²) >= 11 is 1.76. The third-order valence-electron chi connectivity index (χ3n) is 4.70. The van der Waals surface area contributed by atoms with Gasteiger partial charge in [0.1, 0.15) is 0 Å². The van der Waals surface area contributed by atoms with E-state index in [0.717, 1.165) is 25.2 Å². The Labute approximate surface area is 152 Å². The summed E-state index contributed by atoms with van der Waals surface area (Å²) in [5.74, 6) is 0.315. The summed E-state index contributed by atoms with van der Waals surface area (Å²) in [5.41, 5.74) is 2.75. The molecule has 1 unspecified atom stereocenters. The topological polar surface area (TPSA) is 40.6 Å². The van der Waals surface area contributed by atoms with Gasteiger partial charge in [0.15, 0.2) is 0 Å². The maximum atomic E-state index is 12.7. The summed E-state index contributed by atoms with van der Waals surface area (Å²) in [5, 5.41) is 2.20. The summed E-state index contributed by atoms with van der Waals surface area (Å²) in [6, 6.07) is 9.39. The molecule has 0 saturated carbocycles. The highest BCUT2D eigenvalue weighted by Crippen LogP contribution is 2.31. The predicted molar refractivity (Wildman–Crippen MR) is 102 cm³/mol. The van der Waals surface area contributed by atoms with Crippen LogP contribution in [0.1, 0.15) is 33.1 Å². The molecular weight excluding hydrogens is 332 g/mol. The molecule has 1 atom stereocenters. The van der Waals surface area contributed by atoms with Gasteiger partial charge in [-0.25, -0.2) is 0 Å². The van der Waals surface area contributed by atoms with E-state index in [2.05, 4.69) is 24.9 Å². The fourth-order valence-corrected chi connectivity index (χ4v) is 3.96. The molecule has 0 aliphatic carbocycles. The molecule has 25 heavy (non-hydrogen) atoms. The van der Waals surface area contributed by atoms with Crippen molar-refractivity contribution in [3.63, 3.8) is 0 Å². The normalized spacial score (nSPS) is 16.7. The van der Waals surface area contributed by atoms with Gasteiger partial charge in [-0.15, -0.1) is 11.3 Å². The molecule has 1 saturated heterocycles. The van der Waals surface area contributed by atoms with Crippen LogP contribution in [0.4, 0.5) is 5.69 Å². The van der Waals surface area contributed by atoms with E-state index in [-0.39, 0.29) is 11.8 Å². The maximum absolute atomic E-state index is 12.7. The summed E-state index contributed by atoms with van der Waals surface area (Å²) in [6.07, 6.45) is 2.28. The lowest BCUT2D eigenvalue weighted by Gasteiger charge is -2.18. The Bertz CT molecular complexity index is 794. The molecule has 1 aromatic heterocycles. The molecular formula is C20H22N2O2S. The third kappa shape index (κ3) is 3.66. The highest BCUT2D eigenvalue weighted by atomic mass is 32.1. The van der Waals surface area contributed by atoms with Crippen molar-refractivity contribution in [2.75, 3.05) is 25.0 Å². The van der Waals surface area contributed by atoms with E-state index >= 15 is 0 Å². The van der Waals surface area contributed by atoms with Crippen molar-refractivity contribution in [2.24, 2.45) is 0 Å². The molecule has 2 aromatic rings. The minimum absolute atomic E-state index is 0.0544. The number of hydrogen-bond donors (Lipinski definition) is 0. The van der Waals surface area contributed by atoms with Crippen molar-refractivity contribution in [3.8, 4) is 0 Å². The van der Waals surface area contributed by atoms with Gasteiger partial charge >= 0.3 is 0 Å². The van der Waals surface area contributed by atoms with Crippen molar-refractivity contribution in [1.82, 2.24) is 4.90 Å². The molecule has 1 fully saturated rings. The number of carbonyl (C=O) groups is 2. The molecule has 1 aliphatic rings. The first-order valence-electron chi connectivity index (χ1n) is 8.34. The summed E-state index contributed by atoms with van der Waals surface area (Å²) in [7, 11) is 1.69. The van der Waals surface area contributed by atoms with Crippen molar-refractivity contribution >= 4 is 28.8 Å². The van der Waals surface area contributed by atoms with Crippen molar-refractivity contribution in [3.05, 3.63) is 64.4 Å². The van der Waals surface area contributed by atoms with Crippen LogP contribution in [0.25, 0.3) is 0 Å². The van der Waals surface area contributed by atoms with Gasteiger partial charge in [-0.1, -0.05) is 6.58 Å². The van der Waals surface area contributed by atoms with Crippen LogP contribution in [0.3, 0.4) is 0 Å². The van der Waals surface area contributed by atoms with Crippen LogP contribution >= 0.6 is 11.3 Å². The number of rotatable bonds is 4. The van der Waals surface area contributed by atoms with Crippen LogP contribution in [-0.2, 0) is 4.79 Å². The minimum atomic E-state index is -0.174. The molecule has 1 aliphatic heterocycles. The van der Waals surface area contributed by atoms with Gasteiger partial charge in [0.2, 0.25) is 5.91 Å². The van der Waals surface area contributed by atoms with Gasteiger partial charge in [0.05, 0.1) is 0 Å². The van der Waals surface area contributed by atoms with E-state index in [1.54, 1.807) is 42.6 Å². The summed E-state index contributed by atoms with van der Waals surface area (Å²) in [4.78, 5) is 29.1. The molecule has 0 radical (unpaired) electrons. The quantitative estimate of drug-likeness (QED) is 0.783. The highest BCUT2D eigenvalue weighted by Gasteiger charge is 2.28. The van der Waals surface area contributed by atoms with E-state index in [1.165, 1.54) is 21.4 Å². The van der Waals surface area contributed by atoms with Crippen LogP contribution in [0.15, 0.2) is 48.4 Å². The number of likely N-dealkylation sites (tertiary alicyclic amines) is 1. The second-order valence-corrected chi connectivity index (χ2v) is 7.49. The largest absolute Gasteiger partial charge is 0.338 e.